The van der Waals surface area contributed by atoms with E-state index in [2.05, 4.69) is 66.2 Å². The van der Waals surface area contributed by atoms with Gasteiger partial charge in [-0.05, 0) is 32.0 Å². The number of fused-ring (bicyclic) bond motifs is 3. The lowest BCUT2D eigenvalue weighted by Gasteiger charge is -2.03. The molecule has 0 fully saturated rings. The second-order valence-electron chi connectivity index (χ2n) is 5.01. The molecule has 2 aromatic carbocycles. The van der Waals surface area contributed by atoms with Crippen LogP contribution in [-0.2, 0) is 13.1 Å². The van der Waals surface area contributed by atoms with Crippen molar-refractivity contribution >= 4 is 21.8 Å². The van der Waals surface area contributed by atoms with Gasteiger partial charge in [-0.1, -0.05) is 24.3 Å². The SMILES string of the molecule is CC[NH2+]Cc1ccc2c(c1)c1ccccc1n2CC. The van der Waals surface area contributed by atoms with Crippen LogP contribution in [0, 0.1) is 0 Å². The zero-order valence-electron chi connectivity index (χ0n) is 11.7. The van der Waals surface area contributed by atoms with Gasteiger partial charge in [0.1, 0.15) is 6.54 Å². The van der Waals surface area contributed by atoms with Crippen molar-refractivity contribution in [2.75, 3.05) is 6.54 Å². The minimum atomic E-state index is 1.02. The first-order chi connectivity index (χ1) is 9.35. The fourth-order valence-corrected chi connectivity index (χ4v) is 2.88. The van der Waals surface area contributed by atoms with Crippen LogP contribution in [0.1, 0.15) is 19.4 Å². The fourth-order valence-electron chi connectivity index (χ4n) is 2.88. The number of aryl methyl sites for hydroxylation is 1. The highest BCUT2D eigenvalue weighted by molar-refractivity contribution is 6.08. The lowest BCUT2D eigenvalue weighted by atomic mass is 10.1. The lowest BCUT2D eigenvalue weighted by molar-refractivity contribution is -0.667. The molecule has 0 amide bonds. The third kappa shape index (κ3) is 2.02. The molecule has 0 saturated carbocycles. The smallest absolute Gasteiger partial charge is 0.101 e. The molecule has 2 nitrogen and oxygen atoms in total. The lowest BCUT2D eigenvalue weighted by Crippen LogP contribution is -2.81. The molecule has 1 heterocycles. The molecular weight excluding hydrogens is 232 g/mol. The molecule has 1 aromatic heterocycles. The molecule has 0 saturated heterocycles. The Bertz CT molecular complexity index is 710. The van der Waals surface area contributed by atoms with E-state index in [1.54, 1.807) is 0 Å². The number of nitrogens with zero attached hydrogens (tertiary/aromatic N) is 1. The van der Waals surface area contributed by atoms with E-state index in [0.29, 0.717) is 0 Å². The third-order valence-electron chi connectivity index (χ3n) is 3.82. The van der Waals surface area contributed by atoms with Gasteiger partial charge in [-0.25, -0.2) is 0 Å². The van der Waals surface area contributed by atoms with Crippen LogP contribution >= 0.6 is 0 Å². The molecule has 2 N–H and O–H groups in total. The van der Waals surface area contributed by atoms with Gasteiger partial charge in [-0.15, -0.1) is 0 Å². The van der Waals surface area contributed by atoms with Gasteiger partial charge < -0.3 is 9.88 Å². The number of nitrogens with two attached hydrogens (primary N) is 1. The summed E-state index contributed by atoms with van der Waals surface area (Å²) in [5.74, 6) is 0. The zero-order chi connectivity index (χ0) is 13.2. The van der Waals surface area contributed by atoms with Gasteiger partial charge in [-0.2, -0.15) is 0 Å². The molecule has 0 atom stereocenters. The van der Waals surface area contributed by atoms with Crippen LogP contribution in [0.4, 0.5) is 0 Å². The summed E-state index contributed by atoms with van der Waals surface area (Å²) < 4.78 is 2.40. The number of rotatable bonds is 4. The highest BCUT2D eigenvalue weighted by Crippen LogP contribution is 2.29. The van der Waals surface area contributed by atoms with Crippen molar-refractivity contribution in [1.82, 2.24) is 4.57 Å². The summed E-state index contributed by atoms with van der Waals surface area (Å²) in [4.78, 5) is 0. The van der Waals surface area contributed by atoms with Crippen LogP contribution in [0.5, 0.6) is 0 Å². The van der Waals surface area contributed by atoms with Gasteiger partial charge in [0.05, 0.1) is 6.54 Å². The monoisotopic (exact) mass is 253 g/mol. The minimum Gasteiger partial charge on any atom is -0.343 e. The van der Waals surface area contributed by atoms with Crippen molar-refractivity contribution < 1.29 is 5.32 Å². The Hall–Kier alpha value is -1.80. The maximum atomic E-state index is 2.40. The summed E-state index contributed by atoms with van der Waals surface area (Å²) in [6, 6.07) is 15.6. The van der Waals surface area contributed by atoms with Crippen LogP contribution in [0.15, 0.2) is 42.5 Å². The quantitative estimate of drug-likeness (QED) is 0.738. The standard InChI is InChI=1S/C17H20N2/c1-3-18-12-13-9-10-17-15(11-13)14-7-5-6-8-16(14)19(17)4-2/h5-11,18H,3-4,12H2,1-2H3/p+1. The molecule has 2 heteroatoms. The van der Waals surface area contributed by atoms with Crippen LogP contribution in [0.3, 0.4) is 0 Å². The van der Waals surface area contributed by atoms with Crippen LogP contribution < -0.4 is 5.32 Å². The number of quaternary nitrogens is 1. The van der Waals surface area contributed by atoms with E-state index in [-0.39, 0.29) is 0 Å². The second-order valence-corrected chi connectivity index (χ2v) is 5.01. The summed E-state index contributed by atoms with van der Waals surface area (Å²) in [6.45, 7) is 7.63. The molecule has 0 aliphatic carbocycles. The van der Waals surface area contributed by atoms with Gasteiger partial charge in [0.15, 0.2) is 0 Å². The molecule has 0 bridgehead atoms. The summed E-state index contributed by atoms with van der Waals surface area (Å²) >= 11 is 0. The summed E-state index contributed by atoms with van der Waals surface area (Å²) in [6.07, 6.45) is 0. The maximum Gasteiger partial charge on any atom is 0.101 e. The molecule has 0 spiro atoms. The van der Waals surface area contributed by atoms with Crippen molar-refractivity contribution in [1.29, 1.82) is 0 Å². The van der Waals surface area contributed by atoms with Gasteiger partial charge in [0.2, 0.25) is 0 Å². The Morgan fingerprint density at radius 3 is 2.53 bits per heavy atom. The van der Waals surface area contributed by atoms with Crippen molar-refractivity contribution in [3.63, 3.8) is 0 Å². The van der Waals surface area contributed by atoms with Gasteiger partial charge in [0.25, 0.3) is 0 Å². The molecule has 19 heavy (non-hydrogen) atoms. The second kappa shape index (κ2) is 5.06. The Morgan fingerprint density at radius 1 is 0.947 bits per heavy atom. The zero-order valence-corrected chi connectivity index (χ0v) is 11.7. The normalized spacial score (nSPS) is 11.5. The molecular formula is C17H21N2+. The highest BCUT2D eigenvalue weighted by atomic mass is 15.0. The number of hydrogen-bond acceptors (Lipinski definition) is 0. The molecule has 3 rings (SSSR count). The minimum absolute atomic E-state index is 1.02. The predicted molar refractivity (Wildman–Crippen MR) is 81.3 cm³/mol. The first-order valence-electron chi connectivity index (χ1n) is 7.16. The van der Waals surface area contributed by atoms with Crippen molar-refractivity contribution in [3.8, 4) is 0 Å². The Labute approximate surface area is 114 Å². The van der Waals surface area contributed by atoms with E-state index in [1.165, 1.54) is 27.4 Å². The number of benzene rings is 2. The van der Waals surface area contributed by atoms with Gasteiger partial charge >= 0.3 is 0 Å². The average Bonchev–Trinajstić information content (AvgIpc) is 2.78. The molecule has 3 aromatic rings. The van der Waals surface area contributed by atoms with E-state index < -0.39 is 0 Å². The number of para-hydroxylation sites is 1. The van der Waals surface area contributed by atoms with E-state index >= 15 is 0 Å². The molecule has 0 unspecified atom stereocenters. The first-order valence-corrected chi connectivity index (χ1v) is 7.16. The van der Waals surface area contributed by atoms with E-state index in [9.17, 15) is 0 Å². The topological polar surface area (TPSA) is 21.5 Å². The van der Waals surface area contributed by atoms with Crippen molar-refractivity contribution in [2.24, 2.45) is 0 Å². The van der Waals surface area contributed by atoms with Crippen LogP contribution in [-0.4, -0.2) is 11.1 Å². The molecule has 0 aliphatic heterocycles. The van der Waals surface area contributed by atoms with Gasteiger partial charge in [-0.3, -0.25) is 0 Å². The Kier molecular flexibility index (Phi) is 3.26. The maximum absolute atomic E-state index is 2.40. The van der Waals surface area contributed by atoms with Gasteiger partial charge in [0, 0.05) is 33.9 Å². The largest absolute Gasteiger partial charge is 0.343 e. The summed E-state index contributed by atoms with van der Waals surface area (Å²) in [5.41, 5.74) is 4.11. The summed E-state index contributed by atoms with van der Waals surface area (Å²) in [7, 11) is 0. The number of hydrogen-bond donors (Lipinski definition) is 1. The molecule has 0 aliphatic rings. The van der Waals surface area contributed by atoms with E-state index in [1.807, 2.05) is 0 Å². The first kappa shape index (κ1) is 12.2. The fraction of sp³-hybridized carbons (Fsp3) is 0.294. The van der Waals surface area contributed by atoms with E-state index in [4.69, 9.17) is 0 Å². The van der Waals surface area contributed by atoms with Crippen LogP contribution in [0.2, 0.25) is 0 Å². The molecule has 98 valence electrons. The molecule has 0 radical (unpaired) electrons. The predicted octanol–water partition coefficient (Wildman–Crippen LogP) is 2.90. The highest BCUT2D eigenvalue weighted by Gasteiger charge is 2.09. The Morgan fingerprint density at radius 2 is 1.74 bits per heavy atom. The third-order valence-corrected chi connectivity index (χ3v) is 3.82. The average molecular weight is 253 g/mol. The van der Waals surface area contributed by atoms with Crippen LogP contribution in [0.25, 0.3) is 21.8 Å². The number of aromatic nitrogens is 1. The van der Waals surface area contributed by atoms with Crippen molar-refractivity contribution in [2.45, 2.75) is 26.9 Å². The van der Waals surface area contributed by atoms with E-state index in [0.717, 1.165) is 19.6 Å². The van der Waals surface area contributed by atoms with Crippen molar-refractivity contribution in [3.05, 3.63) is 48.0 Å². The Balaban J connectivity index is 2.24. The summed E-state index contributed by atoms with van der Waals surface area (Å²) in [5, 5.41) is 5.09.